The number of para-hydroxylation sites is 2. The van der Waals surface area contributed by atoms with E-state index in [-0.39, 0.29) is 19.1 Å². The van der Waals surface area contributed by atoms with Gasteiger partial charge in [-0.2, -0.15) is 0 Å². The zero-order valence-corrected chi connectivity index (χ0v) is 13.7. The molecule has 7 nitrogen and oxygen atoms in total. The summed E-state index contributed by atoms with van der Waals surface area (Å²) in [5, 5.41) is 3.53. The molecule has 0 radical (unpaired) electrons. The molecule has 4 rings (SSSR count). The second-order valence-electron chi connectivity index (χ2n) is 5.72. The highest BCUT2D eigenvalue weighted by Gasteiger charge is 2.07. The van der Waals surface area contributed by atoms with Gasteiger partial charge in [-0.05, 0) is 30.3 Å². The van der Waals surface area contributed by atoms with Crippen molar-refractivity contribution in [3.8, 4) is 5.75 Å². The number of hydrogen-bond donors (Lipinski definition) is 2. The molecule has 7 heteroatoms. The van der Waals surface area contributed by atoms with Gasteiger partial charge in [-0.25, -0.2) is 9.78 Å². The summed E-state index contributed by atoms with van der Waals surface area (Å²) in [4.78, 5) is 30.8. The predicted octanol–water partition coefficient (Wildman–Crippen LogP) is 2.36. The van der Waals surface area contributed by atoms with Gasteiger partial charge in [-0.3, -0.25) is 4.79 Å². The monoisotopic (exact) mass is 349 g/mol. The number of nitrogens with one attached hydrogen (secondary N) is 2. The van der Waals surface area contributed by atoms with Crippen LogP contribution >= 0.6 is 0 Å². The molecular weight excluding hydrogens is 334 g/mol. The van der Waals surface area contributed by atoms with E-state index in [4.69, 9.17) is 9.15 Å². The van der Waals surface area contributed by atoms with Gasteiger partial charge in [0.2, 0.25) is 0 Å². The molecule has 0 spiro atoms. The van der Waals surface area contributed by atoms with Crippen LogP contribution in [0.1, 0.15) is 5.82 Å². The number of carbonyl (C=O) groups excluding carboxylic acids is 1. The van der Waals surface area contributed by atoms with Crippen molar-refractivity contribution in [2.24, 2.45) is 0 Å². The summed E-state index contributed by atoms with van der Waals surface area (Å²) in [5.41, 5.74) is 1.76. The first-order valence-electron chi connectivity index (χ1n) is 8.04. The average molecular weight is 349 g/mol. The van der Waals surface area contributed by atoms with Crippen molar-refractivity contribution in [1.82, 2.24) is 15.3 Å². The number of carbonyl (C=O) groups is 1. The fourth-order valence-electron chi connectivity index (χ4n) is 2.60. The van der Waals surface area contributed by atoms with Crippen LogP contribution in [0.5, 0.6) is 5.75 Å². The van der Waals surface area contributed by atoms with Gasteiger partial charge in [0.05, 0.1) is 17.6 Å². The molecule has 130 valence electrons. The summed E-state index contributed by atoms with van der Waals surface area (Å²) in [6, 6.07) is 15.7. The average Bonchev–Trinajstić information content (AvgIpc) is 3.07. The number of benzene rings is 2. The molecule has 0 aliphatic rings. The first-order chi connectivity index (χ1) is 12.7. The van der Waals surface area contributed by atoms with E-state index in [0.29, 0.717) is 17.2 Å². The third-order valence-electron chi connectivity index (χ3n) is 3.86. The predicted molar refractivity (Wildman–Crippen MR) is 95.9 cm³/mol. The molecule has 0 unspecified atom stereocenters. The van der Waals surface area contributed by atoms with E-state index in [0.717, 1.165) is 16.4 Å². The molecule has 0 aliphatic carbocycles. The summed E-state index contributed by atoms with van der Waals surface area (Å²) in [5.74, 6) is 0.845. The second kappa shape index (κ2) is 6.72. The van der Waals surface area contributed by atoms with E-state index in [2.05, 4.69) is 15.3 Å². The number of amides is 1. The van der Waals surface area contributed by atoms with Gasteiger partial charge in [0.25, 0.3) is 5.91 Å². The van der Waals surface area contributed by atoms with Crippen LogP contribution in [0.4, 0.5) is 0 Å². The molecule has 0 atom stereocenters. The quantitative estimate of drug-likeness (QED) is 0.539. The summed E-state index contributed by atoms with van der Waals surface area (Å²) in [6.45, 7) is 0.131. The minimum Gasteiger partial charge on any atom is -0.484 e. The largest absolute Gasteiger partial charge is 0.484 e. The maximum Gasteiger partial charge on any atom is 0.336 e. The molecule has 2 heterocycles. The molecule has 0 bridgehead atoms. The number of nitrogens with zero attached hydrogens (tertiary/aromatic N) is 1. The maximum absolute atomic E-state index is 12.0. The third kappa shape index (κ3) is 3.41. The van der Waals surface area contributed by atoms with Crippen LogP contribution in [-0.2, 0) is 11.3 Å². The Bertz CT molecular complexity index is 1110. The van der Waals surface area contributed by atoms with Gasteiger partial charge in [0.1, 0.15) is 17.2 Å². The Labute approximate surface area is 147 Å². The SMILES string of the molecule is O=C(COc1ccc2ccc(=O)oc2c1)NCc1nc2ccccc2[nH]1. The van der Waals surface area contributed by atoms with Gasteiger partial charge in [0.15, 0.2) is 6.61 Å². The number of fused-ring (bicyclic) bond motifs is 2. The Kier molecular flexibility index (Phi) is 4.10. The van der Waals surface area contributed by atoms with Crippen LogP contribution < -0.4 is 15.7 Å². The van der Waals surface area contributed by atoms with Crippen molar-refractivity contribution in [2.75, 3.05) is 6.61 Å². The fraction of sp³-hybridized carbons (Fsp3) is 0.105. The minimum absolute atomic E-state index is 0.150. The smallest absolute Gasteiger partial charge is 0.336 e. The zero-order chi connectivity index (χ0) is 17.9. The lowest BCUT2D eigenvalue weighted by Gasteiger charge is -2.07. The molecule has 0 saturated carbocycles. The molecule has 2 aromatic carbocycles. The standard InChI is InChI=1S/C19H15N3O4/c23-18(20-10-17-21-14-3-1-2-4-15(14)22-17)11-25-13-7-5-12-6-8-19(24)26-16(12)9-13/h1-9H,10-11H2,(H,20,23)(H,21,22). The fourth-order valence-corrected chi connectivity index (χ4v) is 2.60. The first-order valence-corrected chi connectivity index (χ1v) is 8.04. The van der Waals surface area contributed by atoms with E-state index in [1.165, 1.54) is 6.07 Å². The number of rotatable bonds is 5. The number of H-pyrrole nitrogens is 1. The van der Waals surface area contributed by atoms with Crippen LogP contribution in [0, 0.1) is 0 Å². The van der Waals surface area contributed by atoms with Crippen molar-refractivity contribution in [3.63, 3.8) is 0 Å². The molecule has 2 aromatic heterocycles. The van der Waals surface area contributed by atoms with Crippen LogP contribution in [-0.4, -0.2) is 22.5 Å². The highest BCUT2D eigenvalue weighted by Crippen LogP contribution is 2.19. The number of aromatic amines is 1. The van der Waals surface area contributed by atoms with Crippen LogP contribution in [0.15, 0.2) is 63.8 Å². The molecule has 1 amide bonds. The molecule has 2 N–H and O–H groups in total. The summed E-state index contributed by atoms with van der Waals surface area (Å²) < 4.78 is 10.6. The van der Waals surface area contributed by atoms with Gasteiger partial charge in [-0.1, -0.05) is 12.1 Å². The van der Waals surface area contributed by atoms with E-state index >= 15 is 0 Å². The summed E-state index contributed by atoms with van der Waals surface area (Å²) >= 11 is 0. The van der Waals surface area contributed by atoms with E-state index < -0.39 is 5.63 Å². The highest BCUT2D eigenvalue weighted by atomic mass is 16.5. The molecule has 0 aliphatic heterocycles. The number of ether oxygens (including phenoxy) is 1. The molecular formula is C19H15N3O4. The summed E-state index contributed by atoms with van der Waals surface area (Å²) in [7, 11) is 0. The Hall–Kier alpha value is -3.61. The number of imidazole rings is 1. The molecule has 0 saturated heterocycles. The Balaban J connectivity index is 1.35. The Morgan fingerprint density at radius 1 is 1.15 bits per heavy atom. The van der Waals surface area contributed by atoms with Crippen molar-refractivity contribution < 1.29 is 13.9 Å². The lowest BCUT2D eigenvalue weighted by molar-refractivity contribution is -0.123. The van der Waals surface area contributed by atoms with E-state index in [1.54, 1.807) is 24.3 Å². The zero-order valence-electron chi connectivity index (χ0n) is 13.7. The normalized spacial score (nSPS) is 10.9. The second-order valence-corrected chi connectivity index (χ2v) is 5.72. The molecule has 4 aromatic rings. The van der Waals surface area contributed by atoms with Crippen LogP contribution in [0.2, 0.25) is 0 Å². The number of hydrogen-bond acceptors (Lipinski definition) is 5. The van der Waals surface area contributed by atoms with Crippen molar-refractivity contribution in [3.05, 3.63) is 70.8 Å². The third-order valence-corrected chi connectivity index (χ3v) is 3.86. The molecule has 26 heavy (non-hydrogen) atoms. The summed E-state index contributed by atoms with van der Waals surface area (Å²) in [6.07, 6.45) is 0. The van der Waals surface area contributed by atoms with Crippen LogP contribution in [0.25, 0.3) is 22.0 Å². The Morgan fingerprint density at radius 3 is 2.88 bits per heavy atom. The van der Waals surface area contributed by atoms with Crippen LogP contribution in [0.3, 0.4) is 0 Å². The van der Waals surface area contributed by atoms with Gasteiger partial charge < -0.3 is 19.5 Å². The number of aromatic nitrogens is 2. The van der Waals surface area contributed by atoms with Gasteiger partial charge in [-0.15, -0.1) is 0 Å². The van der Waals surface area contributed by atoms with Crippen molar-refractivity contribution >= 4 is 27.9 Å². The first kappa shape index (κ1) is 15.9. The van der Waals surface area contributed by atoms with Crippen molar-refractivity contribution in [1.29, 1.82) is 0 Å². The maximum atomic E-state index is 12.0. The van der Waals surface area contributed by atoms with Gasteiger partial charge in [0, 0.05) is 17.5 Å². The molecule has 0 fully saturated rings. The van der Waals surface area contributed by atoms with Crippen molar-refractivity contribution in [2.45, 2.75) is 6.54 Å². The lowest BCUT2D eigenvalue weighted by atomic mass is 10.2. The van der Waals surface area contributed by atoms with E-state index in [1.807, 2.05) is 24.3 Å². The van der Waals surface area contributed by atoms with Gasteiger partial charge >= 0.3 is 5.63 Å². The topological polar surface area (TPSA) is 97.2 Å². The Morgan fingerprint density at radius 2 is 2.00 bits per heavy atom. The minimum atomic E-state index is -0.432. The van der Waals surface area contributed by atoms with E-state index in [9.17, 15) is 9.59 Å². The highest BCUT2D eigenvalue weighted by molar-refractivity contribution is 5.79. The lowest BCUT2D eigenvalue weighted by Crippen LogP contribution is -2.28.